The standard InChI is InChI=1S/C23H26N4O3S/c1-18-8-9-21-19(15-18)6-4-10-26(21)17-23(28)25-11-13-27(14-12-25)31(29,30)22-7-3-2-5-20(22)16-24/h2-3,5,7-9,15H,4,6,10-14,17H2,1H3. The number of benzene rings is 2. The van der Waals surface area contributed by atoms with E-state index in [0.29, 0.717) is 19.6 Å². The summed E-state index contributed by atoms with van der Waals surface area (Å²) in [6.07, 6.45) is 2.05. The van der Waals surface area contributed by atoms with Crippen LogP contribution >= 0.6 is 0 Å². The van der Waals surface area contributed by atoms with Crippen molar-refractivity contribution in [3.05, 3.63) is 59.2 Å². The van der Waals surface area contributed by atoms with E-state index >= 15 is 0 Å². The number of aryl methyl sites for hydroxylation is 2. The Morgan fingerprint density at radius 3 is 2.55 bits per heavy atom. The molecule has 7 nitrogen and oxygen atoms in total. The van der Waals surface area contributed by atoms with Gasteiger partial charge in [-0.1, -0.05) is 29.8 Å². The Morgan fingerprint density at radius 1 is 1.06 bits per heavy atom. The van der Waals surface area contributed by atoms with Crippen molar-refractivity contribution in [1.29, 1.82) is 5.26 Å². The Hall–Kier alpha value is -2.89. The third-order valence-electron chi connectivity index (χ3n) is 5.99. The van der Waals surface area contributed by atoms with Crippen LogP contribution < -0.4 is 4.90 Å². The molecule has 4 rings (SSSR count). The first-order chi connectivity index (χ1) is 14.9. The number of piperazine rings is 1. The van der Waals surface area contributed by atoms with Crippen molar-refractivity contribution in [2.45, 2.75) is 24.7 Å². The van der Waals surface area contributed by atoms with Gasteiger partial charge in [-0.2, -0.15) is 9.57 Å². The summed E-state index contributed by atoms with van der Waals surface area (Å²) in [4.78, 5) is 16.8. The fourth-order valence-corrected chi connectivity index (χ4v) is 5.90. The molecule has 2 aliphatic rings. The highest BCUT2D eigenvalue weighted by Crippen LogP contribution is 2.28. The van der Waals surface area contributed by atoms with Gasteiger partial charge in [0.05, 0.1) is 17.0 Å². The summed E-state index contributed by atoms with van der Waals surface area (Å²) in [5, 5.41) is 9.25. The molecule has 2 heterocycles. The number of fused-ring (bicyclic) bond motifs is 1. The van der Waals surface area contributed by atoms with E-state index in [1.165, 1.54) is 27.6 Å². The minimum Gasteiger partial charge on any atom is -0.362 e. The van der Waals surface area contributed by atoms with Crippen LogP contribution in [0.15, 0.2) is 47.4 Å². The SMILES string of the molecule is Cc1ccc2c(c1)CCCN2CC(=O)N1CCN(S(=O)(=O)c2ccccc2C#N)CC1. The summed E-state index contributed by atoms with van der Waals surface area (Å²) in [5.41, 5.74) is 3.77. The molecule has 0 saturated carbocycles. The molecule has 2 aromatic carbocycles. The number of sulfonamides is 1. The van der Waals surface area contributed by atoms with Crippen LogP contribution in [0.25, 0.3) is 0 Å². The maximum Gasteiger partial charge on any atom is 0.244 e. The maximum absolute atomic E-state index is 13.0. The Balaban J connectivity index is 1.41. The fraction of sp³-hybridized carbons (Fsp3) is 0.391. The lowest BCUT2D eigenvalue weighted by molar-refractivity contribution is -0.130. The Kier molecular flexibility index (Phi) is 5.99. The first-order valence-corrected chi connectivity index (χ1v) is 12.0. The number of nitrogens with zero attached hydrogens (tertiary/aromatic N) is 4. The average Bonchev–Trinajstić information content (AvgIpc) is 2.79. The quantitative estimate of drug-likeness (QED) is 0.730. The highest BCUT2D eigenvalue weighted by molar-refractivity contribution is 7.89. The molecule has 8 heteroatoms. The summed E-state index contributed by atoms with van der Waals surface area (Å²) < 4.78 is 27.3. The number of amides is 1. The van der Waals surface area contributed by atoms with Crippen molar-refractivity contribution in [3.63, 3.8) is 0 Å². The van der Waals surface area contributed by atoms with Crippen molar-refractivity contribution in [2.75, 3.05) is 44.2 Å². The number of hydrogen-bond acceptors (Lipinski definition) is 5. The van der Waals surface area contributed by atoms with Gasteiger partial charge in [0, 0.05) is 38.4 Å². The number of hydrogen-bond donors (Lipinski definition) is 0. The highest BCUT2D eigenvalue weighted by Gasteiger charge is 2.32. The number of anilines is 1. The van der Waals surface area contributed by atoms with E-state index in [-0.39, 0.29) is 29.5 Å². The van der Waals surface area contributed by atoms with Crippen LogP contribution in [-0.4, -0.2) is 62.8 Å². The van der Waals surface area contributed by atoms with Crippen molar-refractivity contribution in [1.82, 2.24) is 9.21 Å². The lowest BCUT2D eigenvalue weighted by atomic mass is 9.99. The van der Waals surface area contributed by atoms with Crippen LogP contribution in [0.1, 0.15) is 23.1 Å². The predicted molar refractivity (Wildman–Crippen MR) is 118 cm³/mol. The van der Waals surface area contributed by atoms with Crippen LogP contribution in [0.5, 0.6) is 0 Å². The average molecular weight is 439 g/mol. The molecule has 1 saturated heterocycles. The molecular weight excluding hydrogens is 412 g/mol. The van der Waals surface area contributed by atoms with Gasteiger partial charge >= 0.3 is 0 Å². The zero-order valence-corrected chi connectivity index (χ0v) is 18.4. The van der Waals surface area contributed by atoms with Gasteiger partial charge in [-0.05, 0) is 43.5 Å². The van der Waals surface area contributed by atoms with Crippen LogP contribution in [0, 0.1) is 18.3 Å². The molecular formula is C23H26N4O3S. The van der Waals surface area contributed by atoms with E-state index in [1.54, 1.807) is 17.0 Å². The zero-order valence-electron chi connectivity index (χ0n) is 17.6. The molecule has 162 valence electrons. The summed E-state index contributed by atoms with van der Waals surface area (Å²) in [6, 6.07) is 14.5. The molecule has 0 aliphatic carbocycles. The van der Waals surface area contributed by atoms with E-state index in [0.717, 1.165) is 25.1 Å². The van der Waals surface area contributed by atoms with Crippen LogP contribution in [-0.2, 0) is 21.2 Å². The Labute approximate surface area is 183 Å². The fourth-order valence-electron chi connectivity index (χ4n) is 4.33. The maximum atomic E-state index is 13.0. The molecule has 2 aliphatic heterocycles. The summed E-state index contributed by atoms with van der Waals surface area (Å²) in [6.45, 7) is 4.38. The second-order valence-electron chi connectivity index (χ2n) is 8.05. The summed E-state index contributed by atoms with van der Waals surface area (Å²) in [7, 11) is -3.76. The van der Waals surface area contributed by atoms with E-state index in [1.807, 2.05) is 6.07 Å². The molecule has 0 atom stereocenters. The molecule has 31 heavy (non-hydrogen) atoms. The van der Waals surface area contributed by atoms with Crippen molar-refractivity contribution < 1.29 is 13.2 Å². The molecule has 1 amide bonds. The van der Waals surface area contributed by atoms with E-state index in [4.69, 9.17) is 0 Å². The van der Waals surface area contributed by atoms with Gasteiger partial charge in [0.1, 0.15) is 6.07 Å². The van der Waals surface area contributed by atoms with Crippen LogP contribution in [0.3, 0.4) is 0 Å². The Bertz CT molecular complexity index is 1130. The number of carbonyl (C=O) groups is 1. The monoisotopic (exact) mass is 438 g/mol. The minimum absolute atomic E-state index is 0.0166. The molecule has 2 aromatic rings. The van der Waals surface area contributed by atoms with Gasteiger partial charge < -0.3 is 9.80 Å². The Morgan fingerprint density at radius 2 is 1.81 bits per heavy atom. The molecule has 0 aromatic heterocycles. The molecule has 1 fully saturated rings. The lowest BCUT2D eigenvalue weighted by Gasteiger charge is -2.37. The predicted octanol–water partition coefficient (Wildman–Crippen LogP) is 2.15. The molecule has 0 N–H and O–H groups in total. The molecule has 0 unspecified atom stereocenters. The minimum atomic E-state index is -3.76. The van der Waals surface area contributed by atoms with Gasteiger partial charge in [0.25, 0.3) is 0 Å². The largest absolute Gasteiger partial charge is 0.362 e. The molecule has 0 spiro atoms. The van der Waals surface area contributed by atoms with E-state index in [2.05, 4.69) is 30.0 Å². The zero-order chi connectivity index (χ0) is 22.0. The second-order valence-corrected chi connectivity index (χ2v) is 9.96. The van der Waals surface area contributed by atoms with Gasteiger partial charge in [-0.15, -0.1) is 0 Å². The number of nitriles is 1. The number of rotatable bonds is 4. The van der Waals surface area contributed by atoms with Crippen molar-refractivity contribution in [3.8, 4) is 6.07 Å². The summed E-state index contributed by atoms with van der Waals surface area (Å²) in [5.74, 6) is 0.0166. The molecule has 0 radical (unpaired) electrons. The topological polar surface area (TPSA) is 84.7 Å². The second kappa shape index (κ2) is 8.69. The third kappa shape index (κ3) is 4.29. The van der Waals surface area contributed by atoms with Crippen molar-refractivity contribution in [2.24, 2.45) is 0 Å². The van der Waals surface area contributed by atoms with E-state index < -0.39 is 10.0 Å². The molecule has 0 bridgehead atoms. The van der Waals surface area contributed by atoms with Gasteiger partial charge in [-0.25, -0.2) is 8.42 Å². The third-order valence-corrected chi connectivity index (χ3v) is 7.95. The highest BCUT2D eigenvalue weighted by atomic mass is 32.2. The van der Waals surface area contributed by atoms with Gasteiger partial charge in [0.15, 0.2) is 0 Å². The van der Waals surface area contributed by atoms with E-state index in [9.17, 15) is 18.5 Å². The summed E-state index contributed by atoms with van der Waals surface area (Å²) >= 11 is 0. The smallest absolute Gasteiger partial charge is 0.244 e. The van der Waals surface area contributed by atoms with Gasteiger partial charge in [-0.3, -0.25) is 4.79 Å². The number of carbonyl (C=O) groups excluding carboxylic acids is 1. The lowest BCUT2D eigenvalue weighted by Crippen LogP contribution is -2.53. The van der Waals surface area contributed by atoms with Gasteiger partial charge in [0.2, 0.25) is 15.9 Å². The van der Waals surface area contributed by atoms with Crippen LogP contribution in [0.4, 0.5) is 5.69 Å². The first kappa shape index (κ1) is 21.3. The van der Waals surface area contributed by atoms with Crippen LogP contribution in [0.2, 0.25) is 0 Å². The normalized spacial score (nSPS) is 17.2. The first-order valence-electron chi connectivity index (χ1n) is 10.5. The van der Waals surface area contributed by atoms with Crippen molar-refractivity contribution >= 4 is 21.6 Å².